The third-order valence-electron chi connectivity index (χ3n) is 5.97. The lowest BCUT2D eigenvalue weighted by molar-refractivity contribution is 0.109. The smallest absolute Gasteiger partial charge is 0.126 e. The Kier molecular flexibility index (Phi) is 5.31. The van der Waals surface area contributed by atoms with Gasteiger partial charge >= 0.3 is 0 Å². The molecule has 2 aromatic rings. The molecule has 1 aliphatic carbocycles. The number of anilines is 1. The average Bonchev–Trinajstić information content (AvgIpc) is 2.70. The number of piperidine rings is 1. The fourth-order valence-corrected chi connectivity index (χ4v) is 4.67. The molecule has 1 aliphatic heterocycles. The number of aromatic nitrogens is 1. The van der Waals surface area contributed by atoms with E-state index in [0.29, 0.717) is 6.04 Å². The molecular weight excluding hydrogens is 306 g/mol. The van der Waals surface area contributed by atoms with Crippen LogP contribution in [-0.4, -0.2) is 35.1 Å². The van der Waals surface area contributed by atoms with E-state index in [0.717, 1.165) is 17.8 Å². The Morgan fingerprint density at radius 3 is 2.36 bits per heavy atom. The number of pyridine rings is 1. The van der Waals surface area contributed by atoms with Crippen LogP contribution in [0.25, 0.3) is 0 Å². The van der Waals surface area contributed by atoms with Gasteiger partial charge in [0.25, 0.3) is 0 Å². The third kappa shape index (κ3) is 4.04. The van der Waals surface area contributed by atoms with Gasteiger partial charge in [-0.1, -0.05) is 49.2 Å². The summed E-state index contributed by atoms with van der Waals surface area (Å²) in [4.78, 5) is 7.18. The Balaban J connectivity index is 1.37. The van der Waals surface area contributed by atoms with E-state index in [4.69, 9.17) is 0 Å². The van der Waals surface area contributed by atoms with Crippen molar-refractivity contribution in [3.8, 4) is 0 Å². The topological polar surface area (TPSA) is 28.2 Å². The molecule has 0 amide bonds. The zero-order chi connectivity index (χ0) is 16.9. The average molecular weight is 335 g/mol. The number of benzene rings is 1. The van der Waals surface area contributed by atoms with Crippen LogP contribution in [0.3, 0.4) is 0 Å². The van der Waals surface area contributed by atoms with Crippen LogP contribution in [0.5, 0.6) is 0 Å². The summed E-state index contributed by atoms with van der Waals surface area (Å²) in [5.41, 5.74) is 1.54. The molecule has 0 unspecified atom stereocenters. The van der Waals surface area contributed by atoms with Crippen molar-refractivity contribution in [1.29, 1.82) is 0 Å². The Bertz CT molecular complexity index is 635. The van der Waals surface area contributed by atoms with E-state index in [9.17, 15) is 0 Å². The lowest BCUT2D eigenvalue weighted by Gasteiger charge is -2.43. The Morgan fingerprint density at radius 2 is 1.60 bits per heavy atom. The predicted octanol–water partition coefficient (Wildman–Crippen LogP) is 4.68. The second kappa shape index (κ2) is 8.01. The van der Waals surface area contributed by atoms with Gasteiger partial charge in [0, 0.05) is 31.4 Å². The maximum absolute atomic E-state index is 4.41. The number of hydrogen-bond donors (Lipinski definition) is 1. The van der Waals surface area contributed by atoms with Gasteiger partial charge < -0.3 is 5.32 Å². The van der Waals surface area contributed by atoms with Gasteiger partial charge in [-0.25, -0.2) is 4.98 Å². The van der Waals surface area contributed by atoms with E-state index in [-0.39, 0.29) is 0 Å². The second-order valence-corrected chi connectivity index (χ2v) is 7.54. The molecule has 4 rings (SSSR count). The summed E-state index contributed by atoms with van der Waals surface area (Å²) in [6.07, 6.45) is 9.78. The minimum atomic E-state index is 0.560. The molecule has 132 valence electrons. The highest BCUT2D eigenvalue weighted by Crippen LogP contribution is 2.37. The molecule has 3 heteroatoms. The fraction of sp³-hybridized carbons (Fsp3) is 0.500. The molecule has 2 atom stereocenters. The maximum Gasteiger partial charge on any atom is 0.126 e. The van der Waals surface area contributed by atoms with E-state index in [2.05, 4.69) is 57.7 Å². The number of rotatable bonds is 4. The van der Waals surface area contributed by atoms with Crippen molar-refractivity contribution in [3.63, 3.8) is 0 Å². The molecule has 0 radical (unpaired) electrons. The fourth-order valence-electron chi connectivity index (χ4n) is 4.67. The summed E-state index contributed by atoms with van der Waals surface area (Å²) >= 11 is 0. The van der Waals surface area contributed by atoms with Crippen molar-refractivity contribution in [2.45, 2.75) is 56.5 Å². The molecule has 2 fully saturated rings. The minimum absolute atomic E-state index is 0.560. The van der Waals surface area contributed by atoms with Crippen molar-refractivity contribution in [2.75, 3.05) is 18.4 Å². The second-order valence-electron chi connectivity index (χ2n) is 7.54. The lowest BCUT2D eigenvalue weighted by atomic mass is 9.78. The Morgan fingerprint density at radius 1 is 0.840 bits per heavy atom. The molecule has 0 spiro atoms. The zero-order valence-corrected chi connectivity index (χ0v) is 15.0. The normalized spacial score (nSPS) is 25.6. The predicted molar refractivity (Wildman–Crippen MR) is 104 cm³/mol. The van der Waals surface area contributed by atoms with Crippen LogP contribution in [0.4, 0.5) is 5.82 Å². The van der Waals surface area contributed by atoms with E-state index in [1.54, 1.807) is 5.56 Å². The quantitative estimate of drug-likeness (QED) is 0.879. The van der Waals surface area contributed by atoms with E-state index >= 15 is 0 Å². The molecule has 2 aliphatic rings. The first-order valence-corrected chi connectivity index (χ1v) is 9.87. The molecular formula is C22H29N3. The molecule has 1 saturated heterocycles. The lowest BCUT2D eigenvalue weighted by Crippen LogP contribution is -2.48. The van der Waals surface area contributed by atoms with E-state index in [1.165, 1.54) is 51.6 Å². The molecule has 2 heterocycles. The van der Waals surface area contributed by atoms with Crippen LogP contribution in [-0.2, 0) is 0 Å². The Hall–Kier alpha value is -1.87. The molecule has 0 bridgehead atoms. The minimum Gasteiger partial charge on any atom is -0.367 e. The van der Waals surface area contributed by atoms with Crippen LogP contribution >= 0.6 is 0 Å². The van der Waals surface area contributed by atoms with Crippen molar-refractivity contribution in [3.05, 3.63) is 60.3 Å². The van der Waals surface area contributed by atoms with Gasteiger partial charge in [-0.3, -0.25) is 4.90 Å². The molecule has 1 N–H and O–H groups in total. The van der Waals surface area contributed by atoms with Gasteiger partial charge in [0.1, 0.15) is 5.82 Å². The first-order valence-electron chi connectivity index (χ1n) is 9.87. The van der Waals surface area contributed by atoms with Gasteiger partial charge in [0.05, 0.1) is 0 Å². The van der Waals surface area contributed by atoms with Gasteiger partial charge in [0.2, 0.25) is 0 Å². The highest BCUT2D eigenvalue weighted by atomic mass is 15.2. The molecule has 1 aromatic heterocycles. The number of hydrogen-bond acceptors (Lipinski definition) is 3. The molecule has 25 heavy (non-hydrogen) atoms. The molecule has 1 saturated carbocycles. The highest BCUT2D eigenvalue weighted by molar-refractivity contribution is 5.34. The first-order chi connectivity index (χ1) is 12.4. The summed E-state index contributed by atoms with van der Waals surface area (Å²) in [6.45, 7) is 2.41. The zero-order valence-electron chi connectivity index (χ0n) is 15.0. The van der Waals surface area contributed by atoms with Gasteiger partial charge in [-0.05, 0) is 49.3 Å². The van der Waals surface area contributed by atoms with Crippen LogP contribution in [0.1, 0.15) is 50.0 Å². The largest absolute Gasteiger partial charge is 0.367 e. The number of nitrogens with one attached hydrogen (secondary N) is 1. The number of likely N-dealkylation sites (tertiary alicyclic amines) is 1. The summed E-state index contributed by atoms with van der Waals surface area (Å²) in [5, 5.41) is 3.61. The first kappa shape index (κ1) is 16.6. The van der Waals surface area contributed by atoms with Gasteiger partial charge in [-0.2, -0.15) is 0 Å². The van der Waals surface area contributed by atoms with Crippen molar-refractivity contribution in [2.24, 2.45) is 0 Å². The van der Waals surface area contributed by atoms with Crippen LogP contribution in [0, 0.1) is 0 Å². The third-order valence-corrected chi connectivity index (χ3v) is 5.97. The number of nitrogens with zero attached hydrogens (tertiary/aromatic N) is 2. The SMILES string of the molecule is c1ccc([C@H]2CCCC[C@H]2N2CCC(Nc3ccccn3)CC2)cc1. The van der Waals surface area contributed by atoms with Crippen LogP contribution < -0.4 is 5.32 Å². The molecule has 3 nitrogen and oxygen atoms in total. The summed E-state index contributed by atoms with van der Waals surface area (Å²) in [6, 6.07) is 18.6. The maximum atomic E-state index is 4.41. The standard InChI is InChI=1S/C22H29N3/c1-2-8-18(9-3-1)20-10-4-5-11-21(20)25-16-13-19(14-17-25)24-22-12-6-7-15-23-22/h1-3,6-9,12,15,19-21H,4-5,10-11,13-14,16-17H2,(H,23,24)/t20-,21-/m1/s1. The summed E-state index contributed by atoms with van der Waals surface area (Å²) in [7, 11) is 0. The van der Waals surface area contributed by atoms with Crippen LogP contribution in [0.15, 0.2) is 54.7 Å². The molecule has 1 aromatic carbocycles. The van der Waals surface area contributed by atoms with E-state index < -0.39 is 0 Å². The van der Waals surface area contributed by atoms with Crippen molar-refractivity contribution < 1.29 is 0 Å². The monoisotopic (exact) mass is 335 g/mol. The van der Waals surface area contributed by atoms with Crippen molar-refractivity contribution >= 4 is 5.82 Å². The van der Waals surface area contributed by atoms with Gasteiger partial charge in [-0.15, -0.1) is 0 Å². The van der Waals surface area contributed by atoms with Crippen LogP contribution in [0.2, 0.25) is 0 Å². The summed E-state index contributed by atoms with van der Waals surface area (Å²) in [5.74, 6) is 1.73. The van der Waals surface area contributed by atoms with Gasteiger partial charge in [0.15, 0.2) is 0 Å². The summed E-state index contributed by atoms with van der Waals surface area (Å²) < 4.78 is 0. The van der Waals surface area contributed by atoms with Crippen molar-refractivity contribution in [1.82, 2.24) is 9.88 Å². The highest BCUT2D eigenvalue weighted by Gasteiger charge is 2.33. The van der Waals surface area contributed by atoms with E-state index in [1.807, 2.05) is 12.3 Å². The Labute approximate surface area is 151 Å².